The van der Waals surface area contributed by atoms with Crippen LogP contribution >= 0.6 is 34.7 Å². The molecular weight excluding hydrogens is 400 g/mol. The summed E-state index contributed by atoms with van der Waals surface area (Å²) in [5, 5.41) is 1.25. The van der Waals surface area contributed by atoms with Crippen molar-refractivity contribution in [2.24, 2.45) is 0 Å². The van der Waals surface area contributed by atoms with Gasteiger partial charge < -0.3 is 4.74 Å². The van der Waals surface area contributed by atoms with E-state index in [2.05, 4.69) is 6.07 Å². The third-order valence-electron chi connectivity index (χ3n) is 4.55. The molecule has 140 valence electrons. The molecule has 1 amide bonds. The van der Waals surface area contributed by atoms with Gasteiger partial charge in [0.05, 0.1) is 22.9 Å². The van der Waals surface area contributed by atoms with Gasteiger partial charge in [0.1, 0.15) is 0 Å². The predicted molar refractivity (Wildman–Crippen MR) is 114 cm³/mol. The minimum atomic E-state index is -0.0993. The van der Waals surface area contributed by atoms with Gasteiger partial charge in [-0.3, -0.25) is 9.69 Å². The molecule has 0 N–H and O–H groups in total. The summed E-state index contributed by atoms with van der Waals surface area (Å²) in [5.41, 5.74) is 1.51. The number of carbonyl (C=O) groups is 1. The zero-order valence-electron chi connectivity index (χ0n) is 14.9. The summed E-state index contributed by atoms with van der Waals surface area (Å²) in [6.45, 7) is 1.25. The third kappa shape index (κ3) is 3.99. The number of ether oxygens (including phenoxy) is 1. The molecule has 1 saturated heterocycles. The number of carbonyl (C=O) groups excluding carboxylic acids is 1. The smallest absolute Gasteiger partial charge is 0.260 e. The Hall–Kier alpha value is -1.60. The van der Waals surface area contributed by atoms with Crippen molar-refractivity contribution in [2.45, 2.75) is 23.8 Å². The number of nitrogens with zero attached hydrogens (tertiary/aromatic N) is 2. The van der Waals surface area contributed by atoms with Crippen LogP contribution in [0, 0.1) is 0 Å². The van der Waals surface area contributed by atoms with E-state index < -0.39 is 0 Å². The molecule has 0 unspecified atom stereocenters. The maximum Gasteiger partial charge on any atom is 0.260 e. The summed E-state index contributed by atoms with van der Waals surface area (Å²) >= 11 is 9.30. The summed E-state index contributed by atoms with van der Waals surface area (Å²) in [6, 6.07) is 13.2. The van der Waals surface area contributed by atoms with Gasteiger partial charge in [-0.25, -0.2) is 4.98 Å². The SMILES string of the molecule is CSc1cccc2sc(N(C[C@H]3CCCO3)C(=O)c3cccc(Cl)c3)nc12. The average Bonchev–Trinajstić information content (AvgIpc) is 3.34. The molecule has 4 nitrogen and oxygen atoms in total. The van der Waals surface area contributed by atoms with Crippen molar-refractivity contribution in [1.82, 2.24) is 4.98 Å². The number of thiazole rings is 1. The van der Waals surface area contributed by atoms with Crippen molar-refractivity contribution >= 4 is 56.0 Å². The van der Waals surface area contributed by atoms with Crippen molar-refractivity contribution < 1.29 is 9.53 Å². The van der Waals surface area contributed by atoms with E-state index in [-0.39, 0.29) is 12.0 Å². The molecule has 0 aliphatic carbocycles. The van der Waals surface area contributed by atoms with Gasteiger partial charge in [0, 0.05) is 22.1 Å². The fourth-order valence-corrected chi connectivity index (χ4v) is 5.03. The van der Waals surface area contributed by atoms with Crippen LogP contribution in [0.5, 0.6) is 0 Å². The summed E-state index contributed by atoms with van der Waals surface area (Å²) in [4.78, 5) is 21.0. The first-order chi connectivity index (χ1) is 13.2. The topological polar surface area (TPSA) is 42.4 Å². The Balaban J connectivity index is 1.74. The number of hydrogen-bond acceptors (Lipinski definition) is 5. The van der Waals surface area contributed by atoms with Crippen LogP contribution < -0.4 is 4.90 Å². The van der Waals surface area contributed by atoms with Crippen LogP contribution in [0.25, 0.3) is 10.2 Å². The Morgan fingerprint density at radius 2 is 2.22 bits per heavy atom. The largest absolute Gasteiger partial charge is 0.376 e. The highest BCUT2D eigenvalue weighted by molar-refractivity contribution is 7.98. The maximum atomic E-state index is 13.3. The summed E-state index contributed by atoms with van der Waals surface area (Å²) < 4.78 is 6.86. The molecule has 0 bridgehead atoms. The molecule has 0 saturated carbocycles. The van der Waals surface area contributed by atoms with Crippen molar-refractivity contribution in [1.29, 1.82) is 0 Å². The van der Waals surface area contributed by atoms with Crippen LogP contribution in [0.4, 0.5) is 5.13 Å². The van der Waals surface area contributed by atoms with Crippen LogP contribution in [-0.2, 0) is 4.74 Å². The van der Waals surface area contributed by atoms with Gasteiger partial charge in [-0.2, -0.15) is 0 Å². The molecule has 1 aromatic heterocycles. The van der Waals surface area contributed by atoms with E-state index in [1.807, 2.05) is 18.4 Å². The predicted octanol–water partition coefficient (Wildman–Crippen LogP) is 5.50. The number of para-hydroxylation sites is 1. The molecular formula is C20H19ClN2O2S2. The van der Waals surface area contributed by atoms with Gasteiger partial charge in [-0.15, -0.1) is 11.8 Å². The van der Waals surface area contributed by atoms with E-state index in [9.17, 15) is 4.79 Å². The van der Waals surface area contributed by atoms with Crippen LogP contribution in [-0.4, -0.2) is 36.4 Å². The van der Waals surface area contributed by atoms with Crippen molar-refractivity contribution in [3.8, 4) is 0 Å². The Morgan fingerprint density at radius 3 is 2.96 bits per heavy atom. The Morgan fingerprint density at radius 1 is 1.37 bits per heavy atom. The fourth-order valence-electron chi connectivity index (χ4n) is 3.21. The molecule has 4 rings (SSSR count). The molecule has 7 heteroatoms. The van der Waals surface area contributed by atoms with Crippen LogP contribution in [0.3, 0.4) is 0 Å². The van der Waals surface area contributed by atoms with Gasteiger partial charge in [0.25, 0.3) is 5.91 Å². The van der Waals surface area contributed by atoms with Gasteiger partial charge in [-0.1, -0.05) is 35.1 Å². The van der Waals surface area contributed by atoms with Gasteiger partial charge in [-0.05, 0) is 49.4 Å². The number of rotatable bonds is 5. The van der Waals surface area contributed by atoms with Crippen LogP contribution in [0.2, 0.25) is 5.02 Å². The Labute approximate surface area is 171 Å². The Kier molecular flexibility index (Phi) is 5.68. The first-order valence-corrected chi connectivity index (χ1v) is 11.2. The molecule has 27 heavy (non-hydrogen) atoms. The average molecular weight is 419 g/mol. The summed E-state index contributed by atoms with van der Waals surface area (Å²) in [7, 11) is 0. The summed E-state index contributed by atoms with van der Waals surface area (Å²) in [6.07, 6.45) is 4.07. The minimum Gasteiger partial charge on any atom is -0.376 e. The second-order valence-electron chi connectivity index (χ2n) is 6.36. The van der Waals surface area contributed by atoms with Crippen LogP contribution in [0.15, 0.2) is 47.4 Å². The zero-order valence-corrected chi connectivity index (χ0v) is 17.2. The fraction of sp³-hybridized carbons (Fsp3) is 0.300. The van der Waals surface area contributed by atoms with E-state index in [0.717, 1.165) is 34.6 Å². The molecule has 0 spiro atoms. The van der Waals surface area contributed by atoms with Crippen molar-refractivity contribution in [3.05, 3.63) is 53.1 Å². The highest BCUT2D eigenvalue weighted by Crippen LogP contribution is 2.35. The lowest BCUT2D eigenvalue weighted by Gasteiger charge is -2.23. The number of fused-ring (bicyclic) bond motifs is 1. The van der Waals surface area contributed by atoms with Crippen molar-refractivity contribution in [2.75, 3.05) is 24.3 Å². The van der Waals surface area contributed by atoms with Crippen LogP contribution in [0.1, 0.15) is 23.2 Å². The normalized spacial score (nSPS) is 16.7. The van der Waals surface area contributed by atoms with E-state index in [1.165, 1.54) is 11.3 Å². The molecule has 3 aromatic rings. The monoisotopic (exact) mass is 418 g/mol. The number of anilines is 1. The number of hydrogen-bond donors (Lipinski definition) is 0. The first-order valence-electron chi connectivity index (χ1n) is 8.78. The van der Waals surface area contributed by atoms with Gasteiger partial charge in [0.15, 0.2) is 5.13 Å². The van der Waals surface area contributed by atoms with Gasteiger partial charge >= 0.3 is 0 Å². The number of aromatic nitrogens is 1. The van der Waals surface area contributed by atoms with E-state index in [1.54, 1.807) is 40.9 Å². The molecule has 1 atom stereocenters. The highest BCUT2D eigenvalue weighted by atomic mass is 35.5. The first kappa shape index (κ1) is 18.7. The lowest BCUT2D eigenvalue weighted by atomic mass is 10.2. The molecule has 1 fully saturated rings. The molecule has 2 heterocycles. The third-order valence-corrected chi connectivity index (χ3v) is 6.60. The Bertz CT molecular complexity index is 970. The highest BCUT2D eigenvalue weighted by Gasteiger charge is 2.27. The molecule has 1 aliphatic rings. The molecule has 1 aliphatic heterocycles. The quantitative estimate of drug-likeness (QED) is 0.513. The number of benzene rings is 2. The molecule has 0 radical (unpaired) electrons. The van der Waals surface area contributed by atoms with E-state index >= 15 is 0 Å². The zero-order chi connectivity index (χ0) is 18.8. The number of amides is 1. The van der Waals surface area contributed by atoms with Crippen molar-refractivity contribution in [3.63, 3.8) is 0 Å². The molecule has 2 aromatic carbocycles. The summed E-state index contributed by atoms with van der Waals surface area (Å²) in [5.74, 6) is -0.0993. The standard InChI is InChI=1S/C20H19ClN2O2S2/c1-26-16-8-3-9-17-18(16)22-20(27-17)23(12-15-7-4-10-25-15)19(24)13-5-2-6-14(21)11-13/h2-3,5-6,8-9,11,15H,4,7,10,12H2,1H3/t15-/m1/s1. The second kappa shape index (κ2) is 8.19. The van der Waals surface area contributed by atoms with E-state index in [0.29, 0.717) is 22.3 Å². The maximum absolute atomic E-state index is 13.3. The lowest BCUT2D eigenvalue weighted by Crippen LogP contribution is -2.37. The minimum absolute atomic E-state index is 0.0418. The number of thioether (sulfide) groups is 1. The lowest BCUT2D eigenvalue weighted by molar-refractivity contribution is 0.0917. The second-order valence-corrected chi connectivity index (χ2v) is 8.66. The van der Waals surface area contributed by atoms with Gasteiger partial charge in [0.2, 0.25) is 0 Å². The van der Waals surface area contributed by atoms with E-state index in [4.69, 9.17) is 21.3 Å². The number of halogens is 1.